The van der Waals surface area contributed by atoms with Crippen LogP contribution in [0.1, 0.15) is 6.42 Å². The van der Waals surface area contributed by atoms with Crippen molar-refractivity contribution in [3.05, 3.63) is 36.9 Å². The number of nitrogens with two attached hydrogens (primary N) is 1. The van der Waals surface area contributed by atoms with E-state index in [0.29, 0.717) is 19.6 Å². The highest BCUT2D eigenvalue weighted by Gasteiger charge is 1.99. The summed E-state index contributed by atoms with van der Waals surface area (Å²) in [6.07, 6.45) is 1.87. The van der Waals surface area contributed by atoms with Crippen LogP contribution in [-0.2, 0) is 4.79 Å². The van der Waals surface area contributed by atoms with Gasteiger partial charge in [0.15, 0.2) is 0 Å². The van der Waals surface area contributed by atoms with Crippen LogP contribution in [0.3, 0.4) is 0 Å². The van der Waals surface area contributed by atoms with Gasteiger partial charge in [-0.1, -0.05) is 6.08 Å². The lowest BCUT2D eigenvalue weighted by atomic mass is 10.3. The Balaban J connectivity index is 2.50. The zero-order chi connectivity index (χ0) is 11.8. The normalized spacial score (nSPS) is 9.56. The molecule has 0 unspecified atom stereocenters. The van der Waals surface area contributed by atoms with Gasteiger partial charge in [0.1, 0.15) is 12.4 Å². The van der Waals surface area contributed by atoms with Crippen LogP contribution in [0, 0.1) is 0 Å². The van der Waals surface area contributed by atoms with Gasteiger partial charge < -0.3 is 15.8 Å². The molecule has 0 aliphatic heterocycles. The van der Waals surface area contributed by atoms with Crippen molar-refractivity contribution in [3.8, 4) is 5.75 Å². The topological polar surface area (TPSA) is 64.3 Å². The summed E-state index contributed by atoms with van der Waals surface area (Å²) in [4.78, 5) is 11.2. The number of hydrogen-bond donors (Lipinski definition) is 2. The number of hydrogen-bond acceptors (Lipinski definition) is 3. The molecule has 3 N–H and O–H groups in total. The van der Waals surface area contributed by atoms with Crippen LogP contribution in [0.15, 0.2) is 36.9 Å². The minimum absolute atomic E-state index is 0.0781. The Labute approximate surface area is 95.1 Å². The van der Waals surface area contributed by atoms with E-state index in [1.807, 2.05) is 0 Å². The van der Waals surface area contributed by atoms with Crippen LogP contribution >= 0.6 is 0 Å². The predicted molar refractivity (Wildman–Crippen MR) is 64.4 cm³/mol. The van der Waals surface area contributed by atoms with Crippen molar-refractivity contribution in [1.82, 2.24) is 0 Å². The summed E-state index contributed by atoms with van der Waals surface area (Å²) in [5.74, 6) is 0.665. The van der Waals surface area contributed by atoms with Gasteiger partial charge in [0.2, 0.25) is 5.91 Å². The van der Waals surface area contributed by atoms with E-state index in [1.165, 1.54) is 0 Å². The molecule has 0 saturated heterocycles. The molecule has 0 atom stereocenters. The van der Waals surface area contributed by atoms with Crippen LogP contribution in [0.25, 0.3) is 0 Å². The molecular weight excluding hydrogens is 204 g/mol. The molecule has 0 bridgehead atoms. The maximum absolute atomic E-state index is 11.2. The average molecular weight is 220 g/mol. The standard InChI is InChI=1S/C12H16N2O2/c1-2-3-12(15)14-10-4-6-11(7-5-10)16-9-8-13/h2,4-7H,1,3,8-9,13H2,(H,14,15). The van der Waals surface area contributed by atoms with E-state index in [-0.39, 0.29) is 5.91 Å². The van der Waals surface area contributed by atoms with Crippen molar-refractivity contribution < 1.29 is 9.53 Å². The van der Waals surface area contributed by atoms with Gasteiger partial charge in [-0.15, -0.1) is 6.58 Å². The van der Waals surface area contributed by atoms with Crippen molar-refractivity contribution in [3.63, 3.8) is 0 Å². The van der Waals surface area contributed by atoms with Crippen molar-refractivity contribution in [2.24, 2.45) is 5.73 Å². The van der Waals surface area contributed by atoms with Gasteiger partial charge in [-0.3, -0.25) is 4.79 Å². The third-order valence-corrected chi connectivity index (χ3v) is 1.85. The molecule has 1 aromatic carbocycles. The van der Waals surface area contributed by atoms with Gasteiger partial charge in [0, 0.05) is 18.7 Å². The van der Waals surface area contributed by atoms with E-state index in [9.17, 15) is 4.79 Å². The molecule has 16 heavy (non-hydrogen) atoms. The van der Waals surface area contributed by atoms with Gasteiger partial charge >= 0.3 is 0 Å². The molecule has 0 aliphatic rings. The second-order valence-corrected chi connectivity index (χ2v) is 3.20. The third-order valence-electron chi connectivity index (χ3n) is 1.85. The first-order valence-corrected chi connectivity index (χ1v) is 5.10. The lowest BCUT2D eigenvalue weighted by Gasteiger charge is -2.06. The fraction of sp³-hybridized carbons (Fsp3) is 0.250. The minimum atomic E-state index is -0.0781. The number of carbonyl (C=O) groups is 1. The molecule has 0 fully saturated rings. The van der Waals surface area contributed by atoms with Crippen molar-refractivity contribution in [2.75, 3.05) is 18.5 Å². The first kappa shape index (κ1) is 12.3. The third kappa shape index (κ3) is 4.14. The van der Waals surface area contributed by atoms with E-state index >= 15 is 0 Å². The van der Waals surface area contributed by atoms with E-state index in [1.54, 1.807) is 30.3 Å². The number of ether oxygens (including phenoxy) is 1. The Hall–Kier alpha value is -1.81. The number of carbonyl (C=O) groups excluding carboxylic acids is 1. The number of benzene rings is 1. The Morgan fingerprint density at radius 1 is 1.44 bits per heavy atom. The smallest absolute Gasteiger partial charge is 0.228 e. The highest BCUT2D eigenvalue weighted by atomic mass is 16.5. The molecule has 0 radical (unpaired) electrons. The largest absolute Gasteiger partial charge is 0.492 e. The number of nitrogens with one attached hydrogen (secondary N) is 1. The SMILES string of the molecule is C=CCC(=O)Nc1ccc(OCCN)cc1. The molecule has 1 aromatic rings. The highest BCUT2D eigenvalue weighted by Crippen LogP contribution is 2.15. The summed E-state index contributed by atoms with van der Waals surface area (Å²) in [6.45, 7) is 4.47. The Morgan fingerprint density at radius 2 is 2.12 bits per heavy atom. The van der Waals surface area contributed by atoms with Gasteiger partial charge in [-0.2, -0.15) is 0 Å². The lowest BCUT2D eigenvalue weighted by molar-refractivity contribution is -0.115. The Kier molecular flexibility index (Phi) is 5.08. The van der Waals surface area contributed by atoms with E-state index in [4.69, 9.17) is 10.5 Å². The Bertz CT molecular complexity index is 347. The van der Waals surface area contributed by atoms with Crippen molar-refractivity contribution in [1.29, 1.82) is 0 Å². The minimum Gasteiger partial charge on any atom is -0.492 e. The average Bonchev–Trinajstić information content (AvgIpc) is 2.28. The quantitative estimate of drug-likeness (QED) is 0.715. The van der Waals surface area contributed by atoms with Crippen LogP contribution in [-0.4, -0.2) is 19.1 Å². The van der Waals surface area contributed by atoms with Crippen LogP contribution < -0.4 is 15.8 Å². The summed E-state index contributed by atoms with van der Waals surface area (Å²) < 4.78 is 5.31. The van der Waals surface area contributed by atoms with Gasteiger partial charge in [-0.05, 0) is 24.3 Å². The predicted octanol–water partition coefficient (Wildman–Crippen LogP) is 1.54. The maximum atomic E-state index is 11.2. The molecule has 86 valence electrons. The molecular formula is C12H16N2O2. The van der Waals surface area contributed by atoms with Crippen LogP contribution in [0.4, 0.5) is 5.69 Å². The molecule has 1 rings (SSSR count). The van der Waals surface area contributed by atoms with Crippen LogP contribution in [0.2, 0.25) is 0 Å². The second kappa shape index (κ2) is 6.63. The monoisotopic (exact) mass is 220 g/mol. The fourth-order valence-corrected chi connectivity index (χ4v) is 1.15. The fourth-order valence-electron chi connectivity index (χ4n) is 1.15. The summed E-state index contributed by atoms with van der Waals surface area (Å²) >= 11 is 0. The van der Waals surface area contributed by atoms with Crippen molar-refractivity contribution in [2.45, 2.75) is 6.42 Å². The second-order valence-electron chi connectivity index (χ2n) is 3.20. The summed E-state index contributed by atoms with van der Waals surface area (Å²) in [5, 5.41) is 2.74. The zero-order valence-corrected chi connectivity index (χ0v) is 9.11. The van der Waals surface area contributed by atoms with Crippen LogP contribution in [0.5, 0.6) is 5.75 Å². The first-order chi connectivity index (χ1) is 7.76. The van der Waals surface area contributed by atoms with E-state index in [0.717, 1.165) is 11.4 Å². The molecule has 0 heterocycles. The van der Waals surface area contributed by atoms with Gasteiger partial charge in [0.05, 0.1) is 0 Å². The maximum Gasteiger partial charge on any atom is 0.228 e. The van der Waals surface area contributed by atoms with E-state index in [2.05, 4.69) is 11.9 Å². The zero-order valence-electron chi connectivity index (χ0n) is 9.11. The van der Waals surface area contributed by atoms with Crippen molar-refractivity contribution >= 4 is 11.6 Å². The number of rotatable bonds is 6. The Morgan fingerprint density at radius 3 is 2.69 bits per heavy atom. The number of amides is 1. The van der Waals surface area contributed by atoms with Gasteiger partial charge in [0.25, 0.3) is 0 Å². The molecule has 4 nitrogen and oxygen atoms in total. The molecule has 1 amide bonds. The molecule has 0 aromatic heterocycles. The highest BCUT2D eigenvalue weighted by molar-refractivity contribution is 5.91. The lowest BCUT2D eigenvalue weighted by Crippen LogP contribution is -2.11. The van der Waals surface area contributed by atoms with Gasteiger partial charge in [-0.25, -0.2) is 0 Å². The summed E-state index contributed by atoms with van der Waals surface area (Å²) in [5.41, 5.74) is 6.06. The summed E-state index contributed by atoms with van der Waals surface area (Å²) in [7, 11) is 0. The molecule has 0 saturated carbocycles. The van der Waals surface area contributed by atoms with E-state index < -0.39 is 0 Å². The number of anilines is 1. The molecule has 0 spiro atoms. The summed E-state index contributed by atoms with van der Waals surface area (Å²) in [6, 6.07) is 7.15. The molecule has 0 aliphatic carbocycles. The molecule has 4 heteroatoms. The first-order valence-electron chi connectivity index (χ1n) is 5.10.